The first-order valence-electron chi connectivity index (χ1n) is 15.3. The molecule has 0 spiro atoms. The lowest BCUT2D eigenvalue weighted by atomic mass is 9.96. The van der Waals surface area contributed by atoms with Gasteiger partial charge in [0.1, 0.15) is 0 Å². The van der Waals surface area contributed by atoms with Gasteiger partial charge in [0.15, 0.2) is 17.5 Å². The molecule has 3 aromatic heterocycles. The maximum atomic E-state index is 5.24. The molecular weight excluding hydrogens is 599 g/mol. The number of thiophene rings is 2. The second-order valence-electron chi connectivity index (χ2n) is 11.6. The standard InChI is InChI=1S/C41H23N3S2/c1-2-12-25(13-3-1)39-42-40(27-22-21-24-11-4-5-14-26(24)23-27)44-41(43-39)31-18-10-17-30-34(31)35-28-15-6-8-19-32(28)46-38(35)36-29-16-7-9-20-33(29)45-37(30)36/h1-23H. The number of fused-ring (bicyclic) bond motifs is 11. The molecule has 0 atom stereocenters. The van der Waals surface area contributed by atoms with Gasteiger partial charge in [0.25, 0.3) is 0 Å². The zero-order chi connectivity index (χ0) is 30.2. The summed E-state index contributed by atoms with van der Waals surface area (Å²) in [6.07, 6.45) is 0. The Hall–Kier alpha value is -5.49. The molecule has 0 aliphatic heterocycles. The van der Waals surface area contributed by atoms with Crippen LogP contribution >= 0.6 is 22.7 Å². The van der Waals surface area contributed by atoms with E-state index in [4.69, 9.17) is 15.0 Å². The first-order valence-corrected chi connectivity index (χ1v) is 16.9. The molecule has 0 unspecified atom stereocenters. The van der Waals surface area contributed by atoms with Gasteiger partial charge >= 0.3 is 0 Å². The van der Waals surface area contributed by atoms with Gasteiger partial charge < -0.3 is 0 Å². The number of nitrogens with zero attached hydrogens (tertiary/aromatic N) is 3. The second kappa shape index (κ2) is 10.0. The molecule has 0 N–H and O–H groups in total. The molecule has 0 radical (unpaired) electrons. The van der Waals surface area contributed by atoms with E-state index in [2.05, 4.69) is 121 Å². The van der Waals surface area contributed by atoms with Crippen LogP contribution in [0.1, 0.15) is 0 Å². The smallest absolute Gasteiger partial charge is 0.164 e. The van der Waals surface area contributed by atoms with Gasteiger partial charge in [-0.05, 0) is 29.0 Å². The summed E-state index contributed by atoms with van der Waals surface area (Å²) in [5.41, 5.74) is 2.95. The lowest BCUT2D eigenvalue weighted by Crippen LogP contribution is -2.00. The highest BCUT2D eigenvalue weighted by molar-refractivity contribution is 7.30. The van der Waals surface area contributed by atoms with Crippen LogP contribution in [0.4, 0.5) is 0 Å². The third-order valence-corrected chi connectivity index (χ3v) is 11.3. The lowest BCUT2D eigenvalue weighted by Gasteiger charge is -2.12. The molecule has 0 saturated heterocycles. The van der Waals surface area contributed by atoms with Crippen molar-refractivity contribution in [3.63, 3.8) is 0 Å². The molecule has 46 heavy (non-hydrogen) atoms. The summed E-state index contributed by atoms with van der Waals surface area (Å²) in [6.45, 7) is 0. The van der Waals surface area contributed by atoms with Crippen LogP contribution in [0.2, 0.25) is 0 Å². The molecule has 3 nitrogen and oxygen atoms in total. The van der Waals surface area contributed by atoms with Gasteiger partial charge in [-0.2, -0.15) is 0 Å². The Bertz CT molecular complexity index is 2810. The Morgan fingerprint density at radius 3 is 1.78 bits per heavy atom. The van der Waals surface area contributed by atoms with E-state index in [-0.39, 0.29) is 0 Å². The predicted octanol–water partition coefficient (Wildman–Crippen LogP) is 11.9. The molecule has 214 valence electrons. The maximum Gasteiger partial charge on any atom is 0.164 e. The van der Waals surface area contributed by atoms with Crippen LogP contribution in [0.5, 0.6) is 0 Å². The zero-order valence-corrected chi connectivity index (χ0v) is 26.1. The van der Waals surface area contributed by atoms with Crippen molar-refractivity contribution < 1.29 is 0 Å². The van der Waals surface area contributed by atoms with Gasteiger partial charge in [0.05, 0.1) is 0 Å². The van der Waals surface area contributed by atoms with Crippen molar-refractivity contribution >= 4 is 84.6 Å². The van der Waals surface area contributed by atoms with E-state index in [0.717, 1.165) is 22.1 Å². The van der Waals surface area contributed by atoms with Crippen LogP contribution in [0.3, 0.4) is 0 Å². The van der Waals surface area contributed by atoms with Crippen molar-refractivity contribution in [2.75, 3.05) is 0 Å². The van der Waals surface area contributed by atoms with Gasteiger partial charge in [-0.1, -0.05) is 121 Å². The molecule has 7 aromatic carbocycles. The number of rotatable bonds is 3. The first kappa shape index (κ1) is 25.8. The fraction of sp³-hybridized carbons (Fsp3) is 0. The molecule has 5 heteroatoms. The van der Waals surface area contributed by atoms with Crippen LogP contribution in [0.25, 0.3) is 96.1 Å². The van der Waals surface area contributed by atoms with E-state index in [1.165, 1.54) is 56.5 Å². The fourth-order valence-corrected chi connectivity index (χ4v) is 9.38. The summed E-state index contributed by atoms with van der Waals surface area (Å²) in [7, 11) is 0. The van der Waals surface area contributed by atoms with Crippen LogP contribution < -0.4 is 0 Å². The molecule has 0 fully saturated rings. The number of aromatic nitrogens is 3. The molecule has 10 rings (SSSR count). The summed E-state index contributed by atoms with van der Waals surface area (Å²) in [5.74, 6) is 2.01. The van der Waals surface area contributed by atoms with E-state index < -0.39 is 0 Å². The average molecular weight is 622 g/mol. The Morgan fingerprint density at radius 2 is 0.978 bits per heavy atom. The van der Waals surface area contributed by atoms with Gasteiger partial charge in [-0.25, -0.2) is 15.0 Å². The fourth-order valence-electron chi connectivity index (χ4n) is 6.80. The Kier molecular flexibility index (Phi) is 5.61. The van der Waals surface area contributed by atoms with Gasteiger partial charge in [0, 0.05) is 67.8 Å². The van der Waals surface area contributed by atoms with Crippen molar-refractivity contribution in [1.82, 2.24) is 15.0 Å². The van der Waals surface area contributed by atoms with E-state index in [9.17, 15) is 0 Å². The van der Waals surface area contributed by atoms with Crippen molar-refractivity contribution in [2.24, 2.45) is 0 Å². The zero-order valence-electron chi connectivity index (χ0n) is 24.4. The Labute approximate surface area is 272 Å². The number of hydrogen-bond acceptors (Lipinski definition) is 5. The number of benzene rings is 7. The van der Waals surface area contributed by atoms with E-state index in [1.807, 2.05) is 40.9 Å². The molecule has 10 aromatic rings. The minimum atomic E-state index is 0.667. The third-order valence-electron chi connectivity index (χ3n) is 8.89. The summed E-state index contributed by atoms with van der Waals surface area (Å²) in [4.78, 5) is 15.5. The van der Waals surface area contributed by atoms with E-state index >= 15 is 0 Å². The average Bonchev–Trinajstić information content (AvgIpc) is 3.71. The maximum absolute atomic E-state index is 5.24. The Morgan fingerprint density at radius 1 is 0.370 bits per heavy atom. The summed E-state index contributed by atoms with van der Waals surface area (Å²) in [6, 6.07) is 49.3. The highest BCUT2D eigenvalue weighted by atomic mass is 32.1. The van der Waals surface area contributed by atoms with E-state index in [0.29, 0.717) is 17.5 Å². The highest BCUT2D eigenvalue weighted by Gasteiger charge is 2.22. The summed E-state index contributed by atoms with van der Waals surface area (Å²) in [5, 5.41) is 9.99. The summed E-state index contributed by atoms with van der Waals surface area (Å²) >= 11 is 3.76. The highest BCUT2D eigenvalue weighted by Crippen LogP contribution is 2.50. The van der Waals surface area contributed by atoms with Gasteiger partial charge in [-0.15, -0.1) is 22.7 Å². The van der Waals surface area contributed by atoms with Gasteiger partial charge in [-0.3, -0.25) is 0 Å². The normalized spacial score (nSPS) is 11.9. The van der Waals surface area contributed by atoms with Crippen molar-refractivity contribution in [3.8, 4) is 34.2 Å². The van der Waals surface area contributed by atoms with E-state index in [1.54, 1.807) is 0 Å². The van der Waals surface area contributed by atoms with Crippen molar-refractivity contribution in [1.29, 1.82) is 0 Å². The first-order chi connectivity index (χ1) is 22.8. The molecule has 0 saturated carbocycles. The lowest BCUT2D eigenvalue weighted by molar-refractivity contribution is 1.08. The largest absolute Gasteiger partial charge is 0.208 e. The Balaban J connectivity index is 1.34. The van der Waals surface area contributed by atoms with Crippen LogP contribution in [-0.2, 0) is 0 Å². The number of hydrogen-bond donors (Lipinski definition) is 0. The molecule has 0 amide bonds. The molecular formula is C41H23N3S2. The third kappa shape index (κ3) is 3.86. The second-order valence-corrected chi connectivity index (χ2v) is 13.7. The minimum absolute atomic E-state index is 0.667. The molecule has 3 heterocycles. The van der Waals surface area contributed by atoms with Gasteiger partial charge in [0.2, 0.25) is 0 Å². The molecule has 0 aliphatic carbocycles. The molecule has 0 aliphatic rings. The summed E-state index contributed by atoms with van der Waals surface area (Å²) < 4.78 is 5.22. The molecule has 0 bridgehead atoms. The topological polar surface area (TPSA) is 38.7 Å². The quantitative estimate of drug-likeness (QED) is 0.197. The monoisotopic (exact) mass is 621 g/mol. The van der Waals surface area contributed by atoms with Crippen molar-refractivity contribution in [3.05, 3.63) is 140 Å². The van der Waals surface area contributed by atoms with Crippen LogP contribution in [-0.4, -0.2) is 15.0 Å². The van der Waals surface area contributed by atoms with Crippen LogP contribution in [0, 0.1) is 0 Å². The van der Waals surface area contributed by atoms with Crippen LogP contribution in [0.15, 0.2) is 140 Å². The minimum Gasteiger partial charge on any atom is -0.208 e. The SMILES string of the molecule is c1ccc(-c2nc(-c3ccc4ccccc4c3)nc(-c3cccc4c5sc6ccccc6c5c5sc6ccccc6c5c34)n2)cc1. The van der Waals surface area contributed by atoms with Crippen molar-refractivity contribution in [2.45, 2.75) is 0 Å². The predicted molar refractivity (Wildman–Crippen MR) is 197 cm³/mol.